The van der Waals surface area contributed by atoms with Gasteiger partial charge in [0, 0.05) is 12.1 Å². The van der Waals surface area contributed by atoms with Crippen molar-refractivity contribution in [3.63, 3.8) is 0 Å². The van der Waals surface area contributed by atoms with Crippen LogP contribution in [0.5, 0.6) is 11.5 Å². The minimum absolute atomic E-state index is 0.170. The molecule has 0 saturated carbocycles. The molecule has 22 heavy (non-hydrogen) atoms. The molecule has 2 rings (SSSR count). The average Bonchev–Trinajstić information content (AvgIpc) is 2.51. The molecule has 5 nitrogen and oxygen atoms in total. The van der Waals surface area contributed by atoms with Crippen LogP contribution in [-0.2, 0) is 6.54 Å². The Morgan fingerprint density at radius 3 is 2.32 bits per heavy atom. The first-order chi connectivity index (χ1) is 10.5. The van der Waals surface area contributed by atoms with Crippen molar-refractivity contribution in [2.45, 2.75) is 6.54 Å². The van der Waals surface area contributed by atoms with Crippen LogP contribution in [0, 0.1) is 0 Å². The highest BCUT2D eigenvalue weighted by molar-refractivity contribution is 6.33. The van der Waals surface area contributed by atoms with Gasteiger partial charge in [-0.2, -0.15) is 0 Å². The first-order valence-electron chi connectivity index (χ1n) is 6.35. The zero-order valence-electron chi connectivity index (χ0n) is 12.0. The third-order valence-corrected chi connectivity index (χ3v) is 3.31. The molecule has 0 aliphatic carbocycles. The lowest BCUT2D eigenvalue weighted by atomic mass is 10.2. The molecule has 0 radical (unpaired) electrons. The Balaban J connectivity index is 2.07. The lowest BCUT2D eigenvalue weighted by molar-refractivity contribution is 0.0950. The third-order valence-electron chi connectivity index (χ3n) is 2.93. The number of methoxy groups -OCH3 is 2. The lowest BCUT2D eigenvalue weighted by Gasteiger charge is -2.10. The summed E-state index contributed by atoms with van der Waals surface area (Å²) in [5, 5.41) is 3.12. The first-order valence-corrected chi connectivity index (χ1v) is 7.11. The molecule has 0 aliphatic heterocycles. The van der Waals surface area contributed by atoms with Crippen molar-refractivity contribution < 1.29 is 14.3 Å². The molecule has 1 heterocycles. The van der Waals surface area contributed by atoms with Crippen LogP contribution in [0.15, 0.2) is 30.3 Å². The number of aromatic nitrogens is 1. The Labute approximate surface area is 138 Å². The second-order valence-electron chi connectivity index (χ2n) is 4.37. The molecule has 1 aromatic heterocycles. The van der Waals surface area contributed by atoms with E-state index >= 15 is 0 Å². The van der Waals surface area contributed by atoms with E-state index in [1.54, 1.807) is 26.4 Å². The van der Waals surface area contributed by atoms with Gasteiger partial charge in [-0.15, -0.1) is 0 Å². The fraction of sp³-hybridized carbons (Fsp3) is 0.200. The second kappa shape index (κ2) is 7.33. The summed E-state index contributed by atoms with van der Waals surface area (Å²) in [5.74, 6) is 0.940. The predicted octanol–water partition coefficient (Wildman–Crippen LogP) is 3.34. The van der Waals surface area contributed by atoms with E-state index in [9.17, 15) is 4.79 Å². The smallest absolute Gasteiger partial charge is 0.251 e. The molecule has 0 fully saturated rings. The number of hydrogen-bond donors (Lipinski definition) is 1. The summed E-state index contributed by atoms with van der Waals surface area (Å²) < 4.78 is 10.4. The summed E-state index contributed by atoms with van der Waals surface area (Å²) in [6.07, 6.45) is 0. The zero-order chi connectivity index (χ0) is 16.1. The van der Waals surface area contributed by atoms with Gasteiger partial charge in [-0.25, -0.2) is 4.98 Å². The van der Waals surface area contributed by atoms with Crippen LogP contribution >= 0.6 is 23.2 Å². The minimum Gasteiger partial charge on any atom is -0.493 e. The van der Waals surface area contributed by atoms with Crippen molar-refractivity contribution in [1.82, 2.24) is 10.3 Å². The summed E-state index contributed by atoms with van der Waals surface area (Å²) in [5.41, 5.74) is 1.22. The molecule has 0 saturated heterocycles. The number of rotatable bonds is 5. The molecule has 0 spiro atoms. The van der Waals surface area contributed by atoms with Gasteiger partial charge in [0.25, 0.3) is 5.91 Å². The molecule has 0 atom stereocenters. The van der Waals surface area contributed by atoms with E-state index in [0.717, 1.165) is 5.56 Å². The van der Waals surface area contributed by atoms with E-state index in [1.165, 1.54) is 12.1 Å². The molecule has 7 heteroatoms. The summed E-state index contributed by atoms with van der Waals surface area (Å²) in [6.45, 7) is 0.330. The maximum absolute atomic E-state index is 12.1. The summed E-state index contributed by atoms with van der Waals surface area (Å²) in [7, 11) is 3.12. The van der Waals surface area contributed by atoms with Gasteiger partial charge in [0.05, 0.1) is 14.2 Å². The highest BCUT2D eigenvalue weighted by Crippen LogP contribution is 2.27. The monoisotopic (exact) mass is 340 g/mol. The van der Waals surface area contributed by atoms with E-state index in [-0.39, 0.29) is 16.2 Å². The van der Waals surface area contributed by atoms with Crippen LogP contribution in [0.4, 0.5) is 0 Å². The lowest BCUT2D eigenvalue weighted by Crippen LogP contribution is -2.22. The van der Waals surface area contributed by atoms with E-state index in [1.807, 2.05) is 6.07 Å². The fourth-order valence-corrected chi connectivity index (χ4v) is 2.33. The van der Waals surface area contributed by atoms with Gasteiger partial charge in [0.1, 0.15) is 10.3 Å². The molecule has 1 N–H and O–H groups in total. The highest BCUT2D eigenvalue weighted by atomic mass is 35.5. The Kier molecular flexibility index (Phi) is 5.46. The number of benzene rings is 1. The van der Waals surface area contributed by atoms with Crippen LogP contribution < -0.4 is 14.8 Å². The van der Waals surface area contributed by atoms with Crippen molar-refractivity contribution in [2.75, 3.05) is 14.2 Å². The van der Waals surface area contributed by atoms with Crippen molar-refractivity contribution in [3.8, 4) is 11.5 Å². The maximum atomic E-state index is 12.1. The van der Waals surface area contributed by atoms with Crippen molar-refractivity contribution in [3.05, 3.63) is 51.8 Å². The number of amides is 1. The number of ether oxygens (including phenoxy) is 2. The average molecular weight is 341 g/mol. The number of carbonyl (C=O) groups excluding carboxylic acids is 1. The molecule has 0 bridgehead atoms. The Hall–Kier alpha value is -1.98. The van der Waals surface area contributed by atoms with Gasteiger partial charge in [-0.3, -0.25) is 4.79 Å². The number of carbonyl (C=O) groups is 1. The fourth-order valence-electron chi connectivity index (χ4n) is 1.87. The van der Waals surface area contributed by atoms with Gasteiger partial charge in [0.15, 0.2) is 11.5 Å². The summed E-state index contributed by atoms with van der Waals surface area (Å²) in [6, 6.07) is 8.33. The maximum Gasteiger partial charge on any atom is 0.251 e. The third kappa shape index (κ3) is 4.02. The van der Waals surface area contributed by atoms with E-state index < -0.39 is 0 Å². The van der Waals surface area contributed by atoms with Crippen LogP contribution in [0.1, 0.15) is 15.9 Å². The van der Waals surface area contributed by atoms with Gasteiger partial charge in [-0.05, 0) is 29.8 Å². The van der Waals surface area contributed by atoms with Crippen LogP contribution in [0.3, 0.4) is 0 Å². The Bertz CT molecular complexity index is 672. The van der Waals surface area contributed by atoms with Crippen LogP contribution in [0.2, 0.25) is 10.3 Å². The van der Waals surface area contributed by atoms with Gasteiger partial charge in [-0.1, -0.05) is 29.3 Å². The standard InChI is InChI=1S/C15H14Cl2N2O3/c1-21-11-4-3-9(5-12(11)22-2)8-18-15(20)10-6-13(16)19-14(17)7-10/h3-7H,8H2,1-2H3,(H,18,20). The predicted molar refractivity (Wildman–Crippen MR) is 85.0 cm³/mol. The first kappa shape index (κ1) is 16.4. The van der Waals surface area contributed by atoms with Crippen LogP contribution in [-0.4, -0.2) is 25.1 Å². The molecule has 116 valence electrons. The number of hydrogen-bond acceptors (Lipinski definition) is 4. The van der Waals surface area contributed by atoms with Gasteiger partial charge < -0.3 is 14.8 Å². The molecule has 0 aliphatic rings. The molecule has 0 unspecified atom stereocenters. The highest BCUT2D eigenvalue weighted by Gasteiger charge is 2.10. The topological polar surface area (TPSA) is 60.5 Å². The van der Waals surface area contributed by atoms with Crippen molar-refractivity contribution >= 4 is 29.1 Å². The zero-order valence-corrected chi connectivity index (χ0v) is 13.5. The Morgan fingerprint density at radius 1 is 1.09 bits per heavy atom. The molecule has 1 amide bonds. The van der Waals surface area contributed by atoms with Crippen molar-refractivity contribution in [2.24, 2.45) is 0 Å². The molecular weight excluding hydrogens is 327 g/mol. The second-order valence-corrected chi connectivity index (χ2v) is 5.15. The number of nitrogens with zero attached hydrogens (tertiary/aromatic N) is 1. The van der Waals surface area contributed by atoms with Gasteiger partial charge in [0.2, 0.25) is 0 Å². The van der Waals surface area contributed by atoms with Crippen molar-refractivity contribution in [1.29, 1.82) is 0 Å². The van der Waals surface area contributed by atoms with E-state index in [4.69, 9.17) is 32.7 Å². The molecule has 2 aromatic rings. The van der Waals surface area contributed by atoms with E-state index in [2.05, 4.69) is 10.3 Å². The SMILES string of the molecule is COc1ccc(CNC(=O)c2cc(Cl)nc(Cl)c2)cc1OC. The summed E-state index contributed by atoms with van der Waals surface area (Å²) >= 11 is 11.6. The van der Waals surface area contributed by atoms with Gasteiger partial charge >= 0.3 is 0 Å². The quantitative estimate of drug-likeness (QED) is 0.848. The number of nitrogens with one attached hydrogen (secondary N) is 1. The largest absolute Gasteiger partial charge is 0.493 e. The minimum atomic E-state index is -0.291. The number of pyridine rings is 1. The normalized spacial score (nSPS) is 10.2. The number of halogens is 2. The Morgan fingerprint density at radius 2 is 1.73 bits per heavy atom. The molecule has 1 aromatic carbocycles. The summed E-state index contributed by atoms with van der Waals surface area (Å²) in [4.78, 5) is 15.9. The van der Waals surface area contributed by atoms with E-state index in [0.29, 0.717) is 23.6 Å². The molecular formula is C15H14Cl2N2O3. The van der Waals surface area contributed by atoms with Crippen LogP contribution in [0.25, 0.3) is 0 Å².